The van der Waals surface area contributed by atoms with Crippen LogP contribution in [0.4, 0.5) is 0 Å². The predicted octanol–water partition coefficient (Wildman–Crippen LogP) is 2.01. The molecule has 0 saturated carbocycles. The van der Waals surface area contributed by atoms with Crippen LogP contribution < -0.4 is 0 Å². The molecular formula is C8H7NO2S. The lowest BCUT2D eigenvalue weighted by Crippen LogP contribution is -1.80. The fourth-order valence-corrected chi connectivity index (χ4v) is 1.86. The Kier molecular flexibility index (Phi) is 1.99. The van der Waals surface area contributed by atoms with Gasteiger partial charge in [0.1, 0.15) is 6.26 Å². The zero-order chi connectivity index (χ0) is 8.39. The molecular weight excluding hydrogens is 174 g/mol. The molecule has 0 saturated heterocycles. The molecule has 12 heavy (non-hydrogen) atoms. The molecule has 1 heterocycles. The molecule has 1 aliphatic carbocycles. The van der Waals surface area contributed by atoms with Crippen molar-refractivity contribution in [3.8, 4) is 0 Å². The number of oxazole rings is 1. The molecule has 0 atom stereocenters. The Morgan fingerprint density at radius 1 is 1.50 bits per heavy atom. The van der Waals surface area contributed by atoms with E-state index in [2.05, 4.69) is 4.98 Å². The van der Waals surface area contributed by atoms with Crippen LogP contribution >= 0.6 is 11.8 Å². The average molecular weight is 181 g/mol. The summed E-state index contributed by atoms with van der Waals surface area (Å²) in [5, 5.41) is 0.607. The zero-order valence-electron chi connectivity index (χ0n) is 6.32. The highest BCUT2D eigenvalue weighted by Crippen LogP contribution is 2.31. The van der Waals surface area contributed by atoms with E-state index in [9.17, 15) is 4.79 Å². The maximum absolute atomic E-state index is 10.8. The minimum absolute atomic E-state index is 0.198. The van der Waals surface area contributed by atoms with E-state index in [0.29, 0.717) is 11.6 Å². The fraction of sp³-hybridized carbons (Fsp3) is 0.250. The first-order chi connectivity index (χ1) is 5.84. The van der Waals surface area contributed by atoms with E-state index in [4.69, 9.17) is 4.42 Å². The topological polar surface area (TPSA) is 43.1 Å². The number of carbonyl (C=O) groups excluding carboxylic acids is 1. The van der Waals surface area contributed by atoms with Gasteiger partial charge in [0.2, 0.25) is 0 Å². The molecule has 1 aliphatic rings. The van der Waals surface area contributed by atoms with E-state index < -0.39 is 0 Å². The van der Waals surface area contributed by atoms with Crippen molar-refractivity contribution in [3.05, 3.63) is 23.4 Å². The molecule has 62 valence electrons. The second-order valence-corrected chi connectivity index (χ2v) is 3.55. The van der Waals surface area contributed by atoms with E-state index in [0.717, 1.165) is 11.3 Å². The number of hydrogen-bond acceptors (Lipinski definition) is 4. The normalized spacial score (nSPS) is 16.7. The fourth-order valence-electron chi connectivity index (χ4n) is 1.02. The molecule has 1 aromatic heterocycles. The average Bonchev–Trinajstić information content (AvgIpc) is 2.63. The monoisotopic (exact) mass is 181 g/mol. The first kappa shape index (κ1) is 7.61. The molecule has 0 unspecified atom stereocenters. The maximum atomic E-state index is 10.8. The number of thioether (sulfide) groups is 1. The highest BCUT2D eigenvalue weighted by molar-refractivity contribution is 8.02. The van der Waals surface area contributed by atoms with E-state index in [-0.39, 0.29) is 5.78 Å². The number of hydrogen-bond donors (Lipinski definition) is 0. The Hall–Kier alpha value is -1.03. The van der Waals surface area contributed by atoms with Gasteiger partial charge in [0.25, 0.3) is 5.22 Å². The van der Waals surface area contributed by atoms with E-state index in [1.54, 1.807) is 12.3 Å². The lowest BCUT2D eigenvalue weighted by atomic mass is 10.3. The van der Waals surface area contributed by atoms with Crippen molar-refractivity contribution in [1.29, 1.82) is 0 Å². The Bertz CT molecular complexity index is 316. The predicted molar refractivity (Wildman–Crippen MR) is 44.7 cm³/mol. The molecule has 3 nitrogen and oxygen atoms in total. The van der Waals surface area contributed by atoms with Crippen molar-refractivity contribution >= 4 is 17.5 Å². The third-order valence-corrected chi connectivity index (χ3v) is 2.53. The summed E-state index contributed by atoms with van der Waals surface area (Å²) in [6.07, 6.45) is 6.24. The molecule has 0 spiro atoms. The number of aromatic nitrogens is 1. The van der Waals surface area contributed by atoms with Crippen molar-refractivity contribution in [2.24, 2.45) is 0 Å². The molecule has 0 bridgehead atoms. The summed E-state index contributed by atoms with van der Waals surface area (Å²) >= 11 is 1.42. The highest BCUT2D eigenvalue weighted by Gasteiger charge is 2.14. The van der Waals surface area contributed by atoms with Crippen molar-refractivity contribution in [1.82, 2.24) is 4.98 Å². The van der Waals surface area contributed by atoms with Gasteiger partial charge in [-0.25, -0.2) is 4.98 Å². The molecule has 0 N–H and O–H groups in total. The molecule has 2 rings (SSSR count). The van der Waals surface area contributed by atoms with Gasteiger partial charge in [-0.2, -0.15) is 0 Å². The smallest absolute Gasteiger partial charge is 0.260 e. The van der Waals surface area contributed by atoms with Crippen LogP contribution in [0.1, 0.15) is 12.8 Å². The van der Waals surface area contributed by atoms with Crippen molar-refractivity contribution in [2.45, 2.75) is 18.1 Å². The summed E-state index contributed by atoms with van der Waals surface area (Å²) in [4.78, 5) is 15.8. The first-order valence-electron chi connectivity index (χ1n) is 3.65. The van der Waals surface area contributed by atoms with Crippen molar-refractivity contribution < 1.29 is 9.21 Å². The molecule has 4 heteroatoms. The summed E-state index contributed by atoms with van der Waals surface area (Å²) in [7, 11) is 0. The summed E-state index contributed by atoms with van der Waals surface area (Å²) < 4.78 is 5.03. The lowest BCUT2D eigenvalue weighted by Gasteiger charge is -1.92. The SMILES string of the molecule is O=C1C=C(Sc2ncco2)CC1. The van der Waals surface area contributed by atoms with Crippen LogP contribution in [-0.2, 0) is 4.79 Å². The van der Waals surface area contributed by atoms with Gasteiger partial charge in [0, 0.05) is 6.42 Å². The van der Waals surface area contributed by atoms with Crippen LogP contribution in [0.2, 0.25) is 0 Å². The number of carbonyl (C=O) groups is 1. The summed E-state index contributed by atoms with van der Waals surface area (Å²) in [5.74, 6) is 0.198. The minimum atomic E-state index is 0.198. The summed E-state index contributed by atoms with van der Waals surface area (Å²) in [5.41, 5.74) is 0. The highest BCUT2D eigenvalue weighted by atomic mass is 32.2. The number of nitrogens with zero attached hydrogens (tertiary/aromatic N) is 1. The van der Waals surface area contributed by atoms with Crippen LogP contribution in [0.3, 0.4) is 0 Å². The molecule has 0 aliphatic heterocycles. The molecule has 0 fully saturated rings. The quantitative estimate of drug-likeness (QED) is 0.700. The van der Waals surface area contributed by atoms with Crippen LogP contribution in [0, 0.1) is 0 Å². The van der Waals surface area contributed by atoms with Crippen LogP contribution in [0.15, 0.2) is 33.1 Å². The van der Waals surface area contributed by atoms with Gasteiger partial charge >= 0.3 is 0 Å². The number of ketones is 1. The van der Waals surface area contributed by atoms with E-state index in [1.165, 1.54) is 18.0 Å². The van der Waals surface area contributed by atoms with E-state index in [1.807, 2.05) is 0 Å². The van der Waals surface area contributed by atoms with Gasteiger partial charge in [0.15, 0.2) is 5.78 Å². The third-order valence-electron chi connectivity index (χ3n) is 1.57. The van der Waals surface area contributed by atoms with Gasteiger partial charge in [-0.05, 0) is 29.2 Å². The number of allylic oxidation sites excluding steroid dienone is 2. The lowest BCUT2D eigenvalue weighted by molar-refractivity contribution is -0.114. The second-order valence-electron chi connectivity index (χ2n) is 2.48. The first-order valence-corrected chi connectivity index (χ1v) is 4.47. The molecule has 0 radical (unpaired) electrons. The largest absolute Gasteiger partial charge is 0.440 e. The van der Waals surface area contributed by atoms with Crippen LogP contribution in [0.5, 0.6) is 0 Å². The van der Waals surface area contributed by atoms with Gasteiger partial charge < -0.3 is 4.42 Å². The Morgan fingerprint density at radius 3 is 3.00 bits per heavy atom. The number of rotatable bonds is 2. The van der Waals surface area contributed by atoms with Gasteiger partial charge in [-0.1, -0.05) is 0 Å². The van der Waals surface area contributed by atoms with Crippen molar-refractivity contribution in [2.75, 3.05) is 0 Å². The Morgan fingerprint density at radius 2 is 2.42 bits per heavy atom. The third kappa shape index (κ3) is 1.58. The van der Waals surface area contributed by atoms with Crippen LogP contribution in [0.25, 0.3) is 0 Å². The summed E-state index contributed by atoms with van der Waals surface area (Å²) in [6.45, 7) is 0. The zero-order valence-corrected chi connectivity index (χ0v) is 7.13. The maximum Gasteiger partial charge on any atom is 0.260 e. The Balaban J connectivity index is 2.05. The summed E-state index contributed by atoms with van der Waals surface area (Å²) in [6, 6.07) is 0. The van der Waals surface area contributed by atoms with Gasteiger partial charge in [-0.3, -0.25) is 4.79 Å². The molecule has 1 aromatic rings. The second kappa shape index (κ2) is 3.15. The standard InChI is InChI=1S/C8H7NO2S/c10-6-1-2-7(5-6)12-8-9-3-4-11-8/h3-5H,1-2H2. The van der Waals surface area contributed by atoms with Gasteiger partial charge in [-0.15, -0.1) is 0 Å². The van der Waals surface area contributed by atoms with Crippen molar-refractivity contribution in [3.63, 3.8) is 0 Å². The van der Waals surface area contributed by atoms with Gasteiger partial charge in [0.05, 0.1) is 6.20 Å². The Labute approximate surface area is 73.9 Å². The van der Waals surface area contributed by atoms with Crippen LogP contribution in [-0.4, -0.2) is 10.8 Å². The molecule has 0 amide bonds. The minimum Gasteiger partial charge on any atom is -0.440 e. The molecule has 0 aromatic carbocycles. The van der Waals surface area contributed by atoms with E-state index >= 15 is 0 Å².